The average Bonchev–Trinajstić information content (AvgIpc) is 2.65. The van der Waals surface area contributed by atoms with E-state index in [9.17, 15) is 9.59 Å². The summed E-state index contributed by atoms with van der Waals surface area (Å²) in [6.45, 7) is 0. The first-order chi connectivity index (χ1) is 7.68. The van der Waals surface area contributed by atoms with E-state index in [0.29, 0.717) is 23.4 Å². The third-order valence-electron chi connectivity index (χ3n) is 3.04. The van der Waals surface area contributed by atoms with E-state index in [-0.39, 0.29) is 17.5 Å². The van der Waals surface area contributed by atoms with Crippen LogP contribution in [0.15, 0.2) is 24.3 Å². The minimum atomic E-state index is -0.0798. The van der Waals surface area contributed by atoms with Gasteiger partial charge < -0.3 is 0 Å². The number of rotatable bonds is 3. The fourth-order valence-corrected chi connectivity index (χ4v) is 2.37. The van der Waals surface area contributed by atoms with E-state index < -0.39 is 0 Å². The molecule has 1 aromatic carbocycles. The summed E-state index contributed by atoms with van der Waals surface area (Å²) in [4.78, 5) is 23.4. The zero-order chi connectivity index (χ0) is 11.5. The Balaban J connectivity index is 2.09. The Kier molecular flexibility index (Phi) is 3.39. The predicted octanol–water partition coefficient (Wildman–Crippen LogP) is 3.28. The van der Waals surface area contributed by atoms with Crippen LogP contribution >= 0.6 is 11.6 Å². The van der Waals surface area contributed by atoms with Gasteiger partial charge in [0.2, 0.25) is 0 Å². The van der Waals surface area contributed by atoms with Gasteiger partial charge in [0, 0.05) is 24.3 Å². The van der Waals surface area contributed by atoms with Crippen molar-refractivity contribution < 1.29 is 9.59 Å². The van der Waals surface area contributed by atoms with Crippen LogP contribution in [0.2, 0.25) is 5.02 Å². The standard InChI is InChI=1S/C13H13ClO2/c14-11-6-2-1-5-10(11)13(16)8-9-4-3-7-12(9)15/h1-2,5-6,9H,3-4,7-8H2. The SMILES string of the molecule is O=C(CC1CCCC1=O)c1ccccc1Cl. The van der Waals surface area contributed by atoms with Crippen molar-refractivity contribution in [2.45, 2.75) is 25.7 Å². The minimum absolute atomic E-state index is 0.0224. The molecule has 16 heavy (non-hydrogen) atoms. The van der Waals surface area contributed by atoms with Crippen molar-refractivity contribution in [3.63, 3.8) is 0 Å². The van der Waals surface area contributed by atoms with Crippen LogP contribution in [-0.4, -0.2) is 11.6 Å². The fraction of sp³-hybridized carbons (Fsp3) is 0.385. The second-order valence-electron chi connectivity index (χ2n) is 4.16. The normalized spacial score (nSPS) is 20.1. The Bertz CT molecular complexity index is 426. The molecule has 2 nitrogen and oxygen atoms in total. The monoisotopic (exact) mass is 236 g/mol. The summed E-state index contributed by atoms with van der Waals surface area (Å²) in [5.74, 6) is 0.120. The molecule has 0 heterocycles. The Hall–Kier alpha value is -1.15. The maximum atomic E-state index is 11.9. The summed E-state index contributed by atoms with van der Waals surface area (Å²) in [6.07, 6.45) is 2.69. The summed E-state index contributed by atoms with van der Waals surface area (Å²) in [5.41, 5.74) is 0.531. The van der Waals surface area contributed by atoms with Crippen LogP contribution < -0.4 is 0 Å². The first-order valence-electron chi connectivity index (χ1n) is 5.49. The molecule has 0 N–H and O–H groups in total. The molecule has 2 rings (SSSR count). The van der Waals surface area contributed by atoms with Crippen LogP contribution in [0.5, 0.6) is 0 Å². The summed E-state index contributed by atoms with van der Waals surface area (Å²) in [7, 11) is 0. The van der Waals surface area contributed by atoms with Gasteiger partial charge in [0.1, 0.15) is 5.78 Å². The third-order valence-corrected chi connectivity index (χ3v) is 3.37. The lowest BCUT2D eigenvalue weighted by molar-refractivity contribution is -0.120. The lowest BCUT2D eigenvalue weighted by Gasteiger charge is -2.07. The third kappa shape index (κ3) is 2.33. The van der Waals surface area contributed by atoms with Crippen molar-refractivity contribution in [1.82, 2.24) is 0 Å². The van der Waals surface area contributed by atoms with Gasteiger partial charge in [-0.1, -0.05) is 23.7 Å². The average molecular weight is 237 g/mol. The number of hydrogen-bond acceptors (Lipinski definition) is 2. The molecule has 84 valence electrons. The van der Waals surface area contributed by atoms with Crippen LogP contribution in [0.4, 0.5) is 0 Å². The fourth-order valence-electron chi connectivity index (χ4n) is 2.12. The highest BCUT2D eigenvalue weighted by Gasteiger charge is 2.27. The van der Waals surface area contributed by atoms with Crippen molar-refractivity contribution in [2.24, 2.45) is 5.92 Å². The molecular formula is C13H13ClO2. The van der Waals surface area contributed by atoms with Crippen LogP contribution in [0.1, 0.15) is 36.0 Å². The maximum absolute atomic E-state index is 11.9. The molecule has 1 atom stereocenters. The molecule has 0 bridgehead atoms. The van der Waals surface area contributed by atoms with Gasteiger partial charge in [-0.2, -0.15) is 0 Å². The van der Waals surface area contributed by atoms with E-state index in [2.05, 4.69) is 0 Å². The van der Waals surface area contributed by atoms with Crippen LogP contribution in [0, 0.1) is 5.92 Å². The quantitative estimate of drug-likeness (QED) is 0.755. The predicted molar refractivity (Wildman–Crippen MR) is 62.7 cm³/mol. The van der Waals surface area contributed by atoms with Crippen molar-refractivity contribution in [3.05, 3.63) is 34.9 Å². The molecular weight excluding hydrogens is 224 g/mol. The molecule has 0 amide bonds. The maximum Gasteiger partial charge on any atom is 0.165 e. The number of hydrogen-bond donors (Lipinski definition) is 0. The highest BCUT2D eigenvalue weighted by molar-refractivity contribution is 6.34. The van der Waals surface area contributed by atoms with Gasteiger partial charge in [-0.3, -0.25) is 9.59 Å². The van der Waals surface area contributed by atoms with E-state index in [0.717, 1.165) is 12.8 Å². The minimum Gasteiger partial charge on any atom is -0.299 e. The van der Waals surface area contributed by atoms with E-state index in [4.69, 9.17) is 11.6 Å². The highest BCUT2D eigenvalue weighted by Crippen LogP contribution is 2.27. The van der Waals surface area contributed by atoms with Gasteiger partial charge in [0.25, 0.3) is 0 Å². The molecule has 1 aliphatic carbocycles. The first kappa shape index (κ1) is 11.3. The molecule has 1 saturated carbocycles. The molecule has 0 radical (unpaired) electrons. The molecule has 0 saturated heterocycles. The topological polar surface area (TPSA) is 34.1 Å². The number of Topliss-reactive ketones (excluding diaryl/α,β-unsaturated/α-hetero) is 2. The van der Waals surface area contributed by atoms with Crippen LogP contribution in [0.3, 0.4) is 0 Å². The van der Waals surface area contributed by atoms with Gasteiger partial charge in [-0.05, 0) is 25.0 Å². The van der Waals surface area contributed by atoms with Crippen LogP contribution in [-0.2, 0) is 4.79 Å². The summed E-state index contributed by atoms with van der Waals surface area (Å²) in [6, 6.07) is 6.99. The molecule has 1 fully saturated rings. The van der Waals surface area contributed by atoms with Gasteiger partial charge >= 0.3 is 0 Å². The smallest absolute Gasteiger partial charge is 0.165 e. The Labute approximate surface area is 99.6 Å². The number of carbonyl (C=O) groups is 2. The number of ketones is 2. The molecule has 0 aliphatic heterocycles. The zero-order valence-corrected chi connectivity index (χ0v) is 9.67. The lowest BCUT2D eigenvalue weighted by atomic mass is 9.96. The lowest BCUT2D eigenvalue weighted by Crippen LogP contribution is -2.12. The molecule has 1 aliphatic rings. The highest BCUT2D eigenvalue weighted by atomic mass is 35.5. The van der Waals surface area contributed by atoms with Gasteiger partial charge in [0.05, 0.1) is 5.02 Å². The Morgan fingerprint density at radius 3 is 2.75 bits per heavy atom. The summed E-state index contributed by atoms with van der Waals surface area (Å²) in [5, 5.41) is 0.470. The first-order valence-corrected chi connectivity index (χ1v) is 5.86. The Morgan fingerprint density at radius 1 is 1.38 bits per heavy atom. The molecule has 0 aromatic heterocycles. The van der Waals surface area contributed by atoms with Crippen molar-refractivity contribution in [1.29, 1.82) is 0 Å². The van der Waals surface area contributed by atoms with Gasteiger partial charge in [-0.25, -0.2) is 0 Å². The molecule has 0 spiro atoms. The zero-order valence-electron chi connectivity index (χ0n) is 8.91. The van der Waals surface area contributed by atoms with Crippen LogP contribution in [0.25, 0.3) is 0 Å². The molecule has 3 heteroatoms. The Morgan fingerprint density at radius 2 is 2.12 bits per heavy atom. The summed E-state index contributed by atoms with van der Waals surface area (Å²) < 4.78 is 0. The number of benzene rings is 1. The number of carbonyl (C=O) groups excluding carboxylic acids is 2. The van der Waals surface area contributed by atoms with Gasteiger partial charge in [-0.15, -0.1) is 0 Å². The van der Waals surface area contributed by atoms with E-state index >= 15 is 0 Å². The van der Waals surface area contributed by atoms with Crippen molar-refractivity contribution in [2.75, 3.05) is 0 Å². The molecule has 1 unspecified atom stereocenters. The van der Waals surface area contributed by atoms with Gasteiger partial charge in [0.15, 0.2) is 5.78 Å². The van der Waals surface area contributed by atoms with Crippen molar-refractivity contribution >= 4 is 23.2 Å². The summed E-state index contributed by atoms with van der Waals surface area (Å²) >= 11 is 5.94. The van der Waals surface area contributed by atoms with E-state index in [1.165, 1.54) is 0 Å². The second kappa shape index (κ2) is 4.79. The second-order valence-corrected chi connectivity index (χ2v) is 4.57. The number of halogens is 1. The molecule has 1 aromatic rings. The van der Waals surface area contributed by atoms with E-state index in [1.54, 1.807) is 24.3 Å². The van der Waals surface area contributed by atoms with E-state index in [1.807, 2.05) is 0 Å². The van der Waals surface area contributed by atoms with Crippen molar-refractivity contribution in [3.8, 4) is 0 Å². The largest absolute Gasteiger partial charge is 0.299 e.